The van der Waals surface area contributed by atoms with E-state index < -0.39 is 0 Å². The van der Waals surface area contributed by atoms with Crippen LogP contribution in [0.1, 0.15) is 63.8 Å². The van der Waals surface area contributed by atoms with Gasteiger partial charge in [-0.25, -0.2) is 0 Å². The van der Waals surface area contributed by atoms with E-state index >= 15 is 0 Å². The van der Waals surface area contributed by atoms with Crippen molar-refractivity contribution >= 4 is 34.6 Å². The van der Waals surface area contributed by atoms with Gasteiger partial charge in [-0.3, -0.25) is 9.98 Å². The molecule has 0 unspecified atom stereocenters. The molecule has 4 nitrogen and oxygen atoms in total. The highest BCUT2D eigenvalue weighted by molar-refractivity contribution is 5.95. The third kappa shape index (κ3) is 5.65. The van der Waals surface area contributed by atoms with Gasteiger partial charge in [0.25, 0.3) is 0 Å². The first kappa shape index (κ1) is 25.2. The first-order valence-electron chi connectivity index (χ1n) is 12.2. The summed E-state index contributed by atoms with van der Waals surface area (Å²) in [5, 5.41) is 23.0. The van der Waals surface area contributed by atoms with Crippen molar-refractivity contribution in [3.63, 3.8) is 0 Å². The second-order valence-corrected chi connectivity index (χ2v) is 11.3. The molecule has 0 heterocycles. The molecule has 0 aliphatic rings. The molecule has 184 valence electrons. The fourth-order valence-electron chi connectivity index (χ4n) is 3.95. The average molecular weight is 479 g/mol. The molecule has 36 heavy (non-hydrogen) atoms. The molecule has 4 aromatic rings. The Morgan fingerprint density at radius 1 is 0.556 bits per heavy atom. The minimum Gasteiger partial charge on any atom is -0.507 e. The number of aromatic hydroxyl groups is 2. The van der Waals surface area contributed by atoms with E-state index in [4.69, 9.17) is 9.98 Å². The summed E-state index contributed by atoms with van der Waals surface area (Å²) in [7, 11) is 0. The summed E-state index contributed by atoms with van der Waals surface area (Å²) in [6, 6.07) is 23.3. The van der Waals surface area contributed by atoms with E-state index in [0.717, 1.165) is 21.9 Å². The van der Waals surface area contributed by atoms with Crippen LogP contribution in [0.3, 0.4) is 0 Å². The highest BCUT2D eigenvalue weighted by Gasteiger charge is 2.16. The smallest absolute Gasteiger partial charge is 0.124 e. The molecule has 4 rings (SSSR count). The van der Waals surface area contributed by atoms with Gasteiger partial charge in [0.15, 0.2) is 0 Å². The Bertz CT molecular complexity index is 1360. The van der Waals surface area contributed by atoms with Gasteiger partial charge in [-0.1, -0.05) is 77.9 Å². The van der Waals surface area contributed by atoms with Gasteiger partial charge in [-0.2, -0.15) is 0 Å². The Labute approximate surface area is 213 Å². The summed E-state index contributed by atoms with van der Waals surface area (Å²) in [6.45, 7) is 12.8. The van der Waals surface area contributed by atoms with E-state index in [9.17, 15) is 10.2 Å². The van der Waals surface area contributed by atoms with Gasteiger partial charge in [-0.15, -0.1) is 0 Å². The molecule has 0 amide bonds. The number of aliphatic imine (C=N–C) groups is 2. The molecule has 0 atom stereocenters. The molecule has 0 radical (unpaired) electrons. The maximum atomic E-state index is 10.4. The summed E-state index contributed by atoms with van der Waals surface area (Å²) < 4.78 is 0. The molecule has 4 heteroatoms. The molecule has 0 fully saturated rings. The predicted octanol–water partition coefficient (Wildman–Crippen LogP) is 8.35. The molecule has 0 aliphatic heterocycles. The van der Waals surface area contributed by atoms with Crippen LogP contribution in [0.25, 0.3) is 10.8 Å². The van der Waals surface area contributed by atoms with Crippen molar-refractivity contribution < 1.29 is 10.2 Å². The van der Waals surface area contributed by atoms with Crippen LogP contribution in [0.15, 0.2) is 82.8 Å². The number of benzene rings is 4. The normalized spacial score (nSPS) is 12.7. The first-order chi connectivity index (χ1) is 16.9. The number of hydrogen-bond donors (Lipinski definition) is 2. The van der Waals surface area contributed by atoms with Gasteiger partial charge < -0.3 is 10.2 Å². The van der Waals surface area contributed by atoms with E-state index in [1.807, 2.05) is 60.7 Å². The van der Waals surface area contributed by atoms with E-state index in [1.54, 1.807) is 24.6 Å². The lowest BCUT2D eigenvalue weighted by Gasteiger charge is -2.19. The third-order valence-corrected chi connectivity index (χ3v) is 6.32. The van der Waals surface area contributed by atoms with E-state index in [0.29, 0.717) is 22.5 Å². The maximum Gasteiger partial charge on any atom is 0.124 e. The van der Waals surface area contributed by atoms with E-state index in [2.05, 4.69) is 41.5 Å². The predicted molar refractivity (Wildman–Crippen MR) is 152 cm³/mol. The van der Waals surface area contributed by atoms with Crippen LogP contribution >= 0.6 is 0 Å². The quantitative estimate of drug-likeness (QED) is 0.289. The lowest BCUT2D eigenvalue weighted by atomic mass is 9.86. The first-order valence-corrected chi connectivity index (χ1v) is 12.2. The standard InChI is InChI=1S/C32H34N2O2/c1-31(2,3)25-11-13-29(35)23(15-25)19-33-27-17-21-9-7-8-10-22(21)18-28(27)34-20-24-16-26(32(4,5)6)12-14-30(24)36/h7-20,35-36H,1-6H3/b33-19-,34-20+. The second-order valence-electron chi connectivity index (χ2n) is 11.3. The van der Waals surface area contributed by atoms with Crippen molar-refractivity contribution in [2.45, 2.75) is 52.4 Å². The molecule has 0 spiro atoms. The van der Waals surface area contributed by atoms with Crippen LogP contribution < -0.4 is 0 Å². The Morgan fingerprint density at radius 2 is 0.944 bits per heavy atom. The number of phenols is 2. The zero-order chi connectivity index (χ0) is 26.1. The zero-order valence-corrected chi connectivity index (χ0v) is 21.9. The van der Waals surface area contributed by atoms with Crippen molar-refractivity contribution in [3.8, 4) is 11.5 Å². The number of phenolic OH excluding ortho intramolecular Hbond substituents is 2. The Hall–Kier alpha value is -3.92. The molecule has 0 aromatic heterocycles. The number of hydrogen-bond acceptors (Lipinski definition) is 4. The van der Waals surface area contributed by atoms with E-state index in [-0.39, 0.29) is 22.3 Å². The molecule has 4 aromatic carbocycles. The van der Waals surface area contributed by atoms with Crippen LogP contribution in [-0.2, 0) is 10.8 Å². The van der Waals surface area contributed by atoms with Gasteiger partial charge >= 0.3 is 0 Å². The van der Waals surface area contributed by atoms with Gasteiger partial charge in [-0.05, 0) is 69.1 Å². The monoisotopic (exact) mass is 478 g/mol. The fraction of sp³-hybridized carbons (Fsp3) is 0.250. The summed E-state index contributed by atoms with van der Waals surface area (Å²) in [5.41, 5.74) is 4.81. The molecular formula is C32H34N2O2. The highest BCUT2D eigenvalue weighted by Crippen LogP contribution is 2.35. The van der Waals surface area contributed by atoms with Crippen LogP contribution in [0.5, 0.6) is 11.5 Å². The Morgan fingerprint density at radius 3 is 1.31 bits per heavy atom. The average Bonchev–Trinajstić information content (AvgIpc) is 2.81. The molecular weight excluding hydrogens is 444 g/mol. The van der Waals surface area contributed by atoms with Crippen molar-refractivity contribution in [2.24, 2.45) is 9.98 Å². The zero-order valence-electron chi connectivity index (χ0n) is 21.9. The van der Waals surface area contributed by atoms with Gasteiger partial charge in [0.2, 0.25) is 0 Å². The highest BCUT2D eigenvalue weighted by atomic mass is 16.3. The second kappa shape index (κ2) is 9.62. The number of nitrogens with zero attached hydrogens (tertiary/aromatic N) is 2. The molecule has 2 N–H and O–H groups in total. The lowest BCUT2D eigenvalue weighted by molar-refractivity contribution is 0.472. The number of rotatable bonds is 4. The minimum atomic E-state index is -0.0434. The lowest BCUT2D eigenvalue weighted by Crippen LogP contribution is -2.11. The molecule has 0 saturated carbocycles. The summed E-state index contributed by atoms with van der Waals surface area (Å²) >= 11 is 0. The summed E-state index contributed by atoms with van der Waals surface area (Å²) in [6.07, 6.45) is 3.37. The fourth-order valence-corrected chi connectivity index (χ4v) is 3.95. The van der Waals surface area contributed by atoms with Crippen molar-refractivity contribution in [1.82, 2.24) is 0 Å². The summed E-state index contributed by atoms with van der Waals surface area (Å²) in [4.78, 5) is 9.48. The van der Waals surface area contributed by atoms with Gasteiger partial charge in [0.1, 0.15) is 11.5 Å². The molecule has 0 aliphatic carbocycles. The van der Waals surface area contributed by atoms with Crippen LogP contribution in [0, 0.1) is 0 Å². The van der Waals surface area contributed by atoms with Crippen molar-refractivity contribution in [2.75, 3.05) is 0 Å². The van der Waals surface area contributed by atoms with E-state index in [1.165, 1.54) is 0 Å². The SMILES string of the molecule is CC(C)(C)c1ccc(O)c(/C=N\c2cc3ccccc3cc2/N=C/c2cc(C(C)(C)C)ccc2O)c1. The third-order valence-electron chi connectivity index (χ3n) is 6.32. The topological polar surface area (TPSA) is 65.2 Å². The van der Waals surface area contributed by atoms with Crippen LogP contribution in [-0.4, -0.2) is 22.6 Å². The maximum absolute atomic E-state index is 10.4. The minimum absolute atomic E-state index is 0.0434. The molecule has 0 saturated heterocycles. The van der Waals surface area contributed by atoms with Crippen LogP contribution in [0.4, 0.5) is 11.4 Å². The van der Waals surface area contributed by atoms with Crippen LogP contribution in [0.2, 0.25) is 0 Å². The molecule has 0 bridgehead atoms. The van der Waals surface area contributed by atoms with Gasteiger partial charge in [0, 0.05) is 23.6 Å². The van der Waals surface area contributed by atoms with Crippen molar-refractivity contribution in [3.05, 3.63) is 95.1 Å². The Kier molecular flexibility index (Phi) is 6.73. The Balaban J connectivity index is 1.78. The summed E-state index contributed by atoms with van der Waals surface area (Å²) in [5.74, 6) is 0.364. The van der Waals surface area contributed by atoms with Crippen molar-refractivity contribution in [1.29, 1.82) is 0 Å². The van der Waals surface area contributed by atoms with Gasteiger partial charge in [0.05, 0.1) is 11.4 Å². The largest absolute Gasteiger partial charge is 0.507 e. The number of fused-ring (bicyclic) bond motifs is 1.